The van der Waals surface area contributed by atoms with E-state index in [1.54, 1.807) is 17.9 Å². The lowest BCUT2D eigenvalue weighted by atomic mass is 9.91. The van der Waals surface area contributed by atoms with Crippen molar-refractivity contribution in [2.75, 3.05) is 36.6 Å². The minimum Gasteiger partial charge on any atom is -0.490 e. The molecule has 0 bridgehead atoms. The molecule has 10 nitrogen and oxygen atoms in total. The quantitative estimate of drug-likeness (QED) is 0.245. The number of thiophene rings is 1. The van der Waals surface area contributed by atoms with Gasteiger partial charge in [0.15, 0.2) is 5.82 Å². The maximum absolute atomic E-state index is 16.7. The number of nitrogens with two attached hydrogens (primary N) is 2. The van der Waals surface area contributed by atoms with Crippen LogP contribution < -0.4 is 25.8 Å². The summed E-state index contributed by atoms with van der Waals surface area (Å²) in [6.07, 6.45) is -2.40. The molecule has 1 aliphatic heterocycles. The largest absolute Gasteiger partial charge is 0.490 e. The number of anilines is 3. The van der Waals surface area contributed by atoms with Crippen LogP contribution in [0.3, 0.4) is 0 Å². The van der Waals surface area contributed by atoms with Gasteiger partial charge in [0.1, 0.15) is 57.7 Å². The molecule has 4 heterocycles. The topological polar surface area (TPSA) is 149 Å². The monoisotopic (exact) mass is 614 g/mol. The molecule has 0 fully saturated rings. The molecular weight excluding hydrogens is 595 g/mol. The van der Waals surface area contributed by atoms with Crippen LogP contribution in [0.5, 0.6) is 11.8 Å². The molecule has 6 rings (SSSR count). The second-order valence-electron chi connectivity index (χ2n) is 9.45. The summed E-state index contributed by atoms with van der Waals surface area (Å²) in [6.45, 7) is 1.37. The van der Waals surface area contributed by atoms with Crippen molar-refractivity contribution < 1.29 is 31.4 Å². The molecule has 0 amide bonds. The molecule has 0 saturated carbocycles. The van der Waals surface area contributed by atoms with Crippen LogP contribution in [0.25, 0.3) is 32.1 Å². The molecule has 1 unspecified atom stereocenters. The van der Waals surface area contributed by atoms with Gasteiger partial charge >= 0.3 is 12.2 Å². The third-order valence-corrected chi connectivity index (χ3v) is 8.16. The van der Waals surface area contributed by atoms with E-state index in [0.29, 0.717) is 17.0 Å². The fourth-order valence-electron chi connectivity index (χ4n) is 5.30. The van der Waals surface area contributed by atoms with E-state index in [1.807, 2.05) is 0 Å². The zero-order valence-corrected chi connectivity index (χ0v) is 23.1. The Labute approximate surface area is 243 Å². The number of ether oxygens (including phenoxy) is 2. The van der Waals surface area contributed by atoms with Gasteiger partial charge in [-0.3, -0.25) is 4.98 Å². The first-order valence-corrected chi connectivity index (χ1v) is 13.3. The van der Waals surface area contributed by atoms with Gasteiger partial charge in [0, 0.05) is 23.3 Å². The molecule has 2 aromatic carbocycles. The summed E-state index contributed by atoms with van der Waals surface area (Å²) >= 11 is 0.669. The van der Waals surface area contributed by atoms with Crippen LogP contribution in [0.2, 0.25) is 0 Å². The van der Waals surface area contributed by atoms with Crippen LogP contribution >= 0.6 is 11.3 Å². The zero-order valence-electron chi connectivity index (χ0n) is 22.3. The standard InChI is InChI=1S/C27H19F5N8O2S/c1-10(19-23(34)37-6-5-36-19)40-7-8-42-21-16-20(38-26(41-2)39-25(16)40)18(29)15(17(21)27(30,31)32)11-3-4-13(28)22-14(11)12(9-33)24(35)43-22/h3-6,10H,7-8,35H2,1-2H3,(H2,34,37). The lowest BCUT2D eigenvalue weighted by molar-refractivity contribution is -0.138. The molecule has 0 spiro atoms. The Morgan fingerprint density at radius 2 is 1.88 bits per heavy atom. The first-order valence-electron chi connectivity index (χ1n) is 12.5. The molecule has 0 aliphatic carbocycles. The summed E-state index contributed by atoms with van der Waals surface area (Å²) in [7, 11) is 1.22. The third-order valence-electron chi connectivity index (χ3n) is 7.14. The predicted molar refractivity (Wildman–Crippen MR) is 149 cm³/mol. The van der Waals surface area contributed by atoms with E-state index in [1.165, 1.54) is 19.5 Å². The van der Waals surface area contributed by atoms with Crippen molar-refractivity contribution >= 4 is 49.0 Å². The van der Waals surface area contributed by atoms with Crippen molar-refractivity contribution in [2.45, 2.75) is 19.1 Å². The highest BCUT2D eigenvalue weighted by atomic mass is 32.1. The molecule has 5 aromatic rings. The van der Waals surface area contributed by atoms with E-state index in [0.717, 1.165) is 12.1 Å². The van der Waals surface area contributed by atoms with E-state index < -0.39 is 51.8 Å². The average molecular weight is 615 g/mol. The highest BCUT2D eigenvalue weighted by Gasteiger charge is 2.44. The number of nitriles is 1. The van der Waals surface area contributed by atoms with Gasteiger partial charge in [-0.25, -0.2) is 13.8 Å². The average Bonchev–Trinajstić information content (AvgIpc) is 3.20. The van der Waals surface area contributed by atoms with Gasteiger partial charge in [0.05, 0.1) is 35.3 Å². The number of nitrogens with zero attached hydrogens (tertiary/aromatic N) is 6. The maximum Gasteiger partial charge on any atom is 0.420 e. The molecule has 4 N–H and O–H groups in total. The van der Waals surface area contributed by atoms with Crippen molar-refractivity contribution in [1.82, 2.24) is 19.9 Å². The number of alkyl halides is 3. The van der Waals surface area contributed by atoms with Gasteiger partial charge < -0.3 is 25.8 Å². The Bertz CT molecular complexity index is 1990. The highest BCUT2D eigenvalue weighted by molar-refractivity contribution is 7.23. The van der Waals surface area contributed by atoms with Crippen LogP contribution in [0.15, 0.2) is 24.5 Å². The van der Waals surface area contributed by atoms with E-state index in [2.05, 4.69) is 19.9 Å². The number of methoxy groups -OCH3 is 1. The summed E-state index contributed by atoms with van der Waals surface area (Å²) in [5, 5.41) is 8.97. The SMILES string of the molecule is COc1nc2c3c(c(C(F)(F)F)c(-c4ccc(F)c5sc(N)c(C#N)c45)c(F)c3n1)OCCN2C(C)c1nccnc1N. The molecule has 16 heteroatoms. The van der Waals surface area contributed by atoms with Crippen LogP contribution in [0, 0.1) is 23.0 Å². The molecule has 0 radical (unpaired) electrons. The number of nitrogen functional groups attached to an aromatic ring is 2. The summed E-state index contributed by atoms with van der Waals surface area (Å²) < 4.78 is 87.4. The molecule has 1 aliphatic rings. The summed E-state index contributed by atoms with van der Waals surface area (Å²) in [4.78, 5) is 18.2. The normalized spacial score (nSPS) is 14.0. The van der Waals surface area contributed by atoms with Crippen LogP contribution in [0.1, 0.15) is 29.8 Å². The van der Waals surface area contributed by atoms with Crippen LogP contribution in [-0.4, -0.2) is 40.2 Å². The summed E-state index contributed by atoms with van der Waals surface area (Å²) in [6, 6.07) is 2.61. The Balaban J connectivity index is 1.76. The van der Waals surface area contributed by atoms with Gasteiger partial charge in [-0.15, -0.1) is 11.3 Å². The van der Waals surface area contributed by atoms with Gasteiger partial charge in [-0.1, -0.05) is 6.07 Å². The van der Waals surface area contributed by atoms with Crippen molar-refractivity contribution in [3.05, 3.63) is 53.0 Å². The van der Waals surface area contributed by atoms with Gasteiger partial charge in [0.25, 0.3) is 0 Å². The lowest BCUT2D eigenvalue weighted by Crippen LogP contribution is -2.32. The molecular formula is C27H19F5N8O2S. The van der Waals surface area contributed by atoms with Crippen molar-refractivity contribution in [1.29, 1.82) is 5.26 Å². The smallest absolute Gasteiger partial charge is 0.420 e. The third kappa shape index (κ3) is 4.26. The molecule has 43 heavy (non-hydrogen) atoms. The second-order valence-corrected chi connectivity index (χ2v) is 10.5. The second kappa shape index (κ2) is 10.1. The van der Waals surface area contributed by atoms with Crippen molar-refractivity contribution in [2.24, 2.45) is 0 Å². The van der Waals surface area contributed by atoms with Crippen LogP contribution in [-0.2, 0) is 6.18 Å². The van der Waals surface area contributed by atoms with Gasteiger partial charge in [-0.2, -0.15) is 28.4 Å². The number of aromatic nitrogens is 4. The fourth-order valence-corrected chi connectivity index (χ4v) is 6.25. The number of hydrogen-bond acceptors (Lipinski definition) is 11. The number of halogens is 5. The minimum atomic E-state index is -5.19. The molecule has 0 saturated heterocycles. The fraction of sp³-hybridized carbons (Fsp3) is 0.222. The van der Waals surface area contributed by atoms with Gasteiger partial charge in [0.2, 0.25) is 0 Å². The Kier molecular flexibility index (Phi) is 6.57. The number of fused-ring (bicyclic) bond motifs is 1. The number of hydrogen-bond donors (Lipinski definition) is 2. The molecule has 3 aromatic heterocycles. The Morgan fingerprint density at radius 3 is 2.56 bits per heavy atom. The maximum atomic E-state index is 16.7. The summed E-state index contributed by atoms with van der Waals surface area (Å²) in [5.41, 5.74) is 8.53. The number of rotatable bonds is 4. The van der Waals surface area contributed by atoms with E-state index in [-0.39, 0.29) is 56.8 Å². The highest BCUT2D eigenvalue weighted by Crippen LogP contribution is 2.53. The molecule has 1 atom stereocenters. The Morgan fingerprint density at radius 1 is 1.14 bits per heavy atom. The van der Waals surface area contributed by atoms with E-state index >= 15 is 17.6 Å². The van der Waals surface area contributed by atoms with Crippen molar-refractivity contribution in [3.8, 4) is 29.0 Å². The summed E-state index contributed by atoms with van der Waals surface area (Å²) in [5.74, 6) is -3.02. The van der Waals surface area contributed by atoms with E-state index in [9.17, 15) is 9.65 Å². The zero-order chi connectivity index (χ0) is 30.8. The first kappa shape index (κ1) is 28.1. The Hall–Kier alpha value is -5.04. The minimum absolute atomic E-state index is 0.0180. The van der Waals surface area contributed by atoms with Crippen molar-refractivity contribution in [3.63, 3.8) is 0 Å². The lowest BCUT2D eigenvalue weighted by Gasteiger charge is -2.29. The van der Waals surface area contributed by atoms with Crippen LogP contribution in [0.4, 0.5) is 38.6 Å². The number of benzene rings is 2. The first-order chi connectivity index (χ1) is 20.5. The van der Waals surface area contributed by atoms with E-state index in [4.69, 9.17) is 20.9 Å². The van der Waals surface area contributed by atoms with Gasteiger partial charge in [-0.05, 0) is 18.6 Å². The predicted octanol–water partition coefficient (Wildman–Crippen LogP) is 5.60. The molecule has 220 valence electrons.